The van der Waals surface area contributed by atoms with E-state index < -0.39 is 6.36 Å². The third-order valence-electron chi connectivity index (χ3n) is 3.51. The van der Waals surface area contributed by atoms with E-state index in [2.05, 4.69) is 15.0 Å². The molecule has 0 saturated heterocycles. The molecule has 0 aliphatic carbocycles. The number of hydrogen-bond donors (Lipinski definition) is 2. The highest BCUT2D eigenvalue weighted by atomic mass is 19.4. The molecule has 0 atom stereocenters. The van der Waals surface area contributed by atoms with Crippen molar-refractivity contribution < 1.29 is 27.4 Å². The Hall–Kier alpha value is -3.10. The maximum Gasteiger partial charge on any atom is 0.573 e. The van der Waals surface area contributed by atoms with Crippen molar-refractivity contribution in [1.29, 1.82) is 0 Å². The summed E-state index contributed by atoms with van der Waals surface area (Å²) in [4.78, 5) is 4.12. The van der Waals surface area contributed by atoms with Crippen molar-refractivity contribution in [2.75, 3.05) is 26.1 Å². The number of rotatable bonds is 7. The van der Waals surface area contributed by atoms with Crippen LogP contribution >= 0.6 is 0 Å². The van der Waals surface area contributed by atoms with Crippen LogP contribution in [0, 0.1) is 0 Å². The van der Waals surface area contributed by atoms with E-state index in [4.69, 9.17) is 15.2 Å². The Kier molecular flexibility index (Phi) is 6.75. The van der Waals surface area contributed by atoms with Crippen LogP contribution in [0.4, 0.5) is 18.9 Å². The molecule has 0 heterocycles. The summed E-state index contributed by atoms with van der Waals surface area (Å²) < 4.78 is 51.7. The van der Waals surface area contributed by atoms with E-state index in [-0.39, 0.29) is 17.4 Å². The van der Waals surface area contributed by atoms with Crippen molar-refractivity contribution in [1.82, 2.24) is 0 Å². The SMILES string of the molecule is COc1ccc(CCN=C(N)Nc2ccccc2OC(F)(F)F)cc1OC. The van der Waals surface area contributed by atoms with Gasteiger partial charge in [-0.1, -0.05) is 18.2 Å². The molecule has 3 N–H and O–H groups in total. The fraction of sp³-hybridized carbons (Fsp3) is 0.278. The molecule has 146 valence electrons. The van der Waals surface area contributed by atoms with Crippen LogP contribution in [0.3, 0.4) is 0 Å². The van der Waals surface area contributed by atoms with Crippen molar-refractivity contribution in [3.8, 4) is 17.2 Å². The molecule has 0 unspecified atom stereocenters. The minimum absolute atomic E-state index is 0.0197. The van der Waals surface area contributed by atoms with Gasteiger partial charge in [-0.25, -0.2) is 0 Å². The molecule has 0 aliphatic rings. The lowest BCUT2D eigenvalue weighted by Crippen LogP contribution is -2.24. The lowest BCUT2D eigenvalue weighted by Gasteiger charge is -2.14. The van der Waals surface area contributed by atoms with Gasteiger partial charge in [0.2, 0.25) is 0 Å². The second-order valence-electron chi connectivity index (χ2n) is 5.38. The van der Waals surface area contributed by atoms with Gasteiger partial charge < -0.3 is 25.3 Å². The predicted octanol–water partition coefficient (Wildman–Crippen LogP) is 3.57. The third-order valence-corrected chi connectivity index (χ3v) is 3.51. The molecule has 0 aromatic heterocycles. The molecule has 9 heteroatoms. The van der Waals surface area contributed by atoms with Crippen LogP contribution < -0.4 is 25.3 Å². The van der Waals surface area contributed by atoms with E-state index in [1.807, 2.05) is 12.1 Å². The molecule has 0 bridgehead atoms. The number of nitrogens with two attached hydrogens (primary N) is 1. The first kappa shape index (κ1) is 20.2. The molecule has 0 fully saturated rings. The molecule has 0 aliphatic heterocycles. The van der Waals surface area contributed by atoms with Gasteiger partial charge in [0.15, 0.2) is 23.2 Å². The number of hydrogen-bond acceptors (Lipinski definition) is 4. The minimum atomic E-state index is -4.79. The number of methoxy groups -OCH3 is 2. The second kappa shape index (κ2) is 9.02. The largest absolute Gasteiger partial charge is 0.573 e. The van der Waals surface area contributed by atoms with E-state index in [1.54, 1.807) is 26.4 Å². The van der Waals surface area contributed by atoms with Crippen molar-refractivity contribution in [3.63, 3.8) is 0 Å². The summed E-state index contributed by atoms with van der Waals surface area (Å²) in [5.74, 6) is 0.812. The van der Waals surface area contributed by atoms with E-state index in [9.17, 15) is 13.2 Å². The topological polar surface area (TPSA) is 78.1 Å². The number of guanidine groups is 1. The highest BCUT2D eigenvalue weighted by Gasteiger charge is 2.32. The molecule has 27 heavy (non-hydrogen) atoms. The van der Waals surface area contributed by atoms with Gasteiger partial charge in [-0.05, 0) is 36.2 Å². The Morgan fingerprint density at radius 3 is 2.41 bits per heavy atom. The maximum absolute atomic E-state index is 12.4. The van der Waals surface area contributed by atoms with Gasteiger partial charge in [-0.3, -0.25) is 4.99 Å². The fourth-order valence-electron chi connectivity index (χ4n) is 2.30. The van der Waals surface area contributed by atoms with Crippen LogP contribution in [-0.4, -0.2) is 33.1 Å². The Balaban J connectivity index is 1.99. The van der Waals surface area contributed by atoms with E-state index in [1.165, 1.54) is 18.2 Å². The minimum Gasteiger partial charge on any atom is -0.493 e. The van der Waals surface area contributed by atoms with Gasteiger partial charge in [-0.15, -0.1) is 13.2 Å². The van der Waals surface area contributed by atoms with Crippen LogP contribution in [0.25, 0.3) is 0 Å². The van der Waals surface area contributed by atoms with Crippen LogP contribution in [0.1, 0.15) is 5.56 Å². The molecule has 6 nitrogen and oxygen atoms in total. The summed E-state index contributed by atoms with van der Waals surface area (Å²) in [6.07, 6.45) is -4.24. The van der Waals surface area contributed by atoms with Gasteiger partial charge in [-0.2, -0.15) is 0 Å². The molecule has 0 amide bonds. The van der Waals surface area contributed by atoms with E-state index >= 15 is 0 Å². The van der Waals surface area contributed by atoms with Crippen LogP contribution in [0.2, 0.25) is 0 Å². The number of aliphatic imine (C=N–C) groups is 1. The lowest BCUT2D eigenvalue weighted by atomic mass is 10.1. The van der Waals surface area contributed by atoms with Crippen molar-refractivity contribution >= 4 is 11.6 Å². The normalized spacial score (nSPS) is 11.8. The predicted molar refractivity (Wildman–Crippen MR) is 96.5 cm³/mol. The van der Waals surface area contributed by atoms with Gasteiger partial charge in [0.1, 0.15) is 0 Å². The fourth-order valence-corrected chi connectivity index (χ4v) is 2.30. The molecule has 0 spiro atoms. The second-order valence-corrected chi connectivity index (χ2v) is 5.38. The van der Waals surface area contributed by atoms with Crippen molar-refractivity contribution in [2.24, 2.45) is 10.7 Å². The molecule has 0 radical (unpaired) electrons. The highest BCUT2D eigenvalue weighted by molar-refractivity contribution is 5.93. The molecule has 2 rings (SSSR count). The first-order valence-electron chi connectivity index (χ1n) is 7.95. The van der Waals surface area contributed by atoms with Gasteiger partial charge >= 0.3 is 6.36 Å². The standard InChI is InChI=1S/C18H20F3N3O3/c1-25-15-8-7-12(11-16(15)26-2)9-10-23-17(22)24-13-5-3-4-6-14(13)27-18(19,20)21/h3-8,11H,9-10H2,1-2H3,(H3,22,23,24). The number of halogens is 3. The summed E-state index contributed by atoms with van der Waals surface area (Å²) in [7, 11) is 3.09. The lowest BCUT2D eigenvalue weighted by molar-refractivity contribution is -0.274. The highest BCUT2D eigenvalue weighted by Crippen LogP contribution is 2.30. The Morgan fingerprint density at radius 2 is 1.74 bits per heavy atom. The van der Waals surface area contributed by atoms with Gasteiger partial charge in [0.25, 0.3) is 0 Å². The van der Waals surface area contributed by atoms with Gasteiger partial charge in [0.05, 0.1) is 19.9 Å². The Bertz CT molecular complexity index is 795. The van der Waals surface area contributed by atoms with Gasteiger partial charge in [0, 0.05) is 6.54 Å². The van der Waals surface area contributed by atoms with Crippen LogP contribution in [-0.2, 0) is 6.42 Å². The van der Waals surface area contributed by atoms with E-state index in [0.717, 1.165) is 5.56 Å². The summed E-state index contributed by atoms with van der Waals surface area (Å²) in [5, 5.41) is 2.62. The zero-order valence-electron chi connectivity index (χ0n) is 14.8. The van der Waals surface area contributed by atoms with E-state index in [0.29, 0.717) is 24.5 Å². The van der Waals surface area contributed by atoms with Crippen molar-refractivity contribution in [3.05, 3.63) is 48.0 Å². The smallest absolute Gasteiger partial charge is 0.493 e. The maximum atomic E-state index is 12.4. The monoisotopic (exact) mass is 383 g/mol. The summed E-state index contributed by atoms with van der Waals surface area (Å²) in [6, 6.07) is 11.1. The number of nitrogens with one attached hydrogen (secondary N) is 1. The number of nitrogens with zero attached hydrogens (tertiary/aromatic N) is 1. The van der Waals surface area contributed by atoms with Crippen LogP contribution in [0.15, 0.2) is 47.5 Å². The number of benzene rings is 2. The summed E-state index contributed by atoms with van der Waals surface area (Å²) >= 11 is 0. The molecule has 2 aromatic carbocycles. The molecule has 0 saturated carbocycles. The molecular formula is C18H20F3N3O3. The number of alkyl halides is 3. The number of para-hydroxylation sites is 2. The zero-order chi connectivity index (χ0) is 19.9. The molecular weight excluding hydrogens is 363 g/mol. The zero-order valence-corrected chi connectivity index (χ0v) is 14.8. The summed E-state index contributed by atoms with van der Waals surface area (Å²) in [6.45, 7) is 0.330. The number of anilines is 1. The van der Waals surface area contributed by atoms with Crippen molar-refractivity contribution in [2.45, 2.75) is 12.8 Å². The quantitative estimate of drug-likeness (QED) is 0.565. The first-order chi connectivity index (χ1) is 12.8. The first-order valence-corrected chi connectivity index (χ1v) is 7.95. The number of ether oxygens (including phenoxy) is 3. The third kappa shape index (κ3) is 6.28. The Labute approximate surface area is 154 Å². The average molecular weight is 383 g/mol. The average Bonchev–Trinajstić information content (AvgIpc) is 2.62. The van der Waals surface area contributed by atoms with Crippen LogP contribution in [0.5, 0.6) is 17.2 Å². The Morgan fingerprint density at radius 1 is 1.04 bits per heavy atom. The molecule has 2 aromatic rings. The summed E-state index contributed by atoms with van der Waals surface area (Å²) in [5.41, 5.74) is 6.78.